The van der Waals surface area contributed by atoms with Crippen molar-refractivity contribution in [3.8, 4) is 0 Å². The molecular formula is C10H17N3O2. The molecular weight excluding hydrogens is 194 g/mol. The van der Waals surface area contributed by atoms with Gasteiger partial charge in [-0.3, -0.25) is 9.59 Å². The van der Waals surface area contributed by atoms with Gasteiger partial charge in [0.2, 0.25) is 11.8 Å². The normalized spacial score (nSPS) is 25.9. The molecule has 0 aromatic rings. The predicted molar refractivity (Wildman–Crippen MR) is 55.2 cm³/mol. The minimum Gasteiger partial charge on any atom is -0.354 e. The zero-order valence-corrected chi connectivity index (χ0v) is 8.71. The molecule has 84 valence electrons. The van der Waals surface area contributed by atoms with Crippen LogP contribution in [0, 0.1) is 0 Å². The largest absolute Gasteiger partial charge is 0.354 e. The van der Waals surface area contributed by atoms with Crippen LogP contribution in [-0.4, -0.2) is 37.0 Å². The summed E-state index contributed by atoms with van der Waals surface area (Å²) < 4.78 is 0. The van der Waals surface area contributed by atoms with Crippen molar-refractivity contribution in [2.24, 2.45) is 0 Å². The molecule has 1 unspecified atom stereocenters. The van der Waals surface area contributed by atoms with Crippen molar-refractivity contribution in [2.45, 2.75) is 37.8 Å². The average Bonchev–Trinajstić information content (AvgIpc) is 3.02. The van der Waals surface area contributed by atoms with Crippen LogP contribution in [0.1, 0.15) is 25.7 Å². The molecule has 5 nitrogen and oxygen atoms in total. The van der Waals surface area contributed by atoms with Gasteiger partial charge < -0.3 is 16.0 Å². The first-order chi connectivity index (χ1) is 7.24. The van der Waals surface area contributed by atoms with Crippen molar-refractivity contribution >= 4 is 11.8 Å². The molecule has 0 radical (unpaired) electrons. The van der Waals surface area contributed by atoms with Crippen LogP contribution < -0.4 is 16.0 Å². The second kappa shape index (κ2) is 4.61. The Labute approximate surface area is 89.0 Å². The smallest absolute Gasteiger partial charge is 0.234 e. The fourth-order valence-electron chi connectivity index (χ4n) is 1.66. The Bertz CT molecular complexity index is 253. The molecule has 1 heterocycles. The van der Waals surface area contributed by atoms with Gasteiger partial charge in [-0.25, -0.2) is 0 Å². The monoisotopic (exact) mass is 211 g/mol. The number of carbonyl (C=O) groups excluding carboxylic acids is 2. The Balaban J connectivity index is 1.62. The molecule has 1 atom stereocenters. The second-order valence-electron chi connectivity index (χ2n) is 4.26. The zero-order chi connectivity index (χ0) is 10.7. The highest BCUT2D eigenvalue weighted by Gasteiger charge is 2.23. The summed E-state index contributed by atoms with van der Waals surface area (Å²) in [7, 11) is 0. The van der Waals surface area contributed by atoms with Gasteiger partial charge in [0.25, 0.3) is 0 Å². The Morgan fingerprint density at radius 1 is 1.33 bits per heavy atom. The fraction of sp³-hybridized carbons (Fsp3) is 0.800. The summed E-state index contributed by atoms with van der Waals surface area (Å²) in [6, 6.07) is 0.665. The lowest BCUT2D eigenvalue weighted by molar-refractivity contribution is -0.125. The maximum absolute atomic E-state index is 11.4. The van der Waals surface area contributed by atoms with E-state index in [4.69, 9.17) is 0 Å². The fourth-order valence-corrected chi connectivity index (χ4v) is 1.66. The van der Waals surface area contributed by atoms with E-state index in [1.807, 2.05) is 0 Å². The van der Waals surface area contributed by atoms with E-state index >= 15 is 0 Å². The molecule has 5 heteroatoms. The molecule has 2 rings (SSSR count). The van der Waals surface area contributed by atoms with Crippen LogP contribution in [0.4, 0.5) is 0 Å². The highest BCUT2D eigenvalue weighted by molar-refractivity contribution is 5.80. The molecule has 1 aliphatic carbocycles. The summed E-state index contributed by atoms with van der Waals surface area (Å²) in [5, 5.41) is 8.80. The van der Waals surface area contributed by atoms with Crippen molar-refractivity contribution in [2.75, 3.05) is 13.1 Å². The lowest BCUT2D eigenvalue weighted by Crippen LogP contribution is -2.49. The first-order valence-electron chi connectivity index (χ1n) is 5.53. The van der Waals surface area contributed by atoms with Gasteiger partial charge in [0.15, 0.2) is 0 Å². The number of nitrogens with one attached hydrogen (secondary N) is 3. The van der Waals surface area contributed by atoms with E-state index in [-0.39, 0.29) is 17.9 Å². The van der Waals surface area contributed by atoms with Gasteiger partial charge in [0, 0.05) is 25.0 Å². The van der Waals surface area contributed by atoms with Gasteiger partial charge in [-0.05, 0) is 19.3 Å². The quantitative estimate of drug-likeness (QED) is 0.566. The van der Waals surface area contributed by atoms with Crippen LogP contribution in [-0.2, 0) is 9.59 Å². The van der Waals surface area contributed by atoms with Crippen LogP contribution >= 0.6 is 0 Å². The Hall–Kier alpha value is -1.10. The Morgan fingerprint density at radius 2 is 2.13 bits per heavy atom. The van der Waals surface area contributed by atoms with Crippen molar-refractivity contribution in [3.05, 3.63) is 0 Å². The third kappa shape index (κ3) is 3.51. The molecule has 3 N–H and O–H groups in total. The van der Waals surface area contributed by atoms with Crippen LogP contribution in [0.5, 0.6) is 0 Å². The maximum atomic E-state index is 11.4. The molecule has 1 aliphatic heterocycles. The molecule has 0 aromatic carbocycles. The van der Waals surface area contributed by atoms with E-state index in [0.717, 1.165) is 6.42 Å². The van der Waals surface area contributed by atoms with E-state index < -0.39 is 0 Å². The number of hydrogen-bond acceptors (Lipinski definition) is 3. The second-order valence-corrected chi connectivity index (χ2v) is 4.26. The average molecular weight is 211 g/mol. The lowest BCUT2D eigenvalue weighted by atomic mass is 10.1. The molecule has 2 fully saturated rings. The van der Waals surface area contributed by atoms with Gasteiger partial charge in [-0.15, -0.1) is 0 Å². The van der Waals surface area contributed by atoms with Crippen LogP contribution in [0.3, 0.4) is 0 Å². The molecule has 15 heavy (non-hydrogen) atoms. The first kappa shape index (κ1) is 10.4. The van der Waals surface area contributed by atoms with Gasteiger partial charge in [-0.2, -0.15) is 0 Å². The summed E-state index contributed by atoms with van der Waals surface area (Å²) in [6.45, 7) is 0.961. The van der Waals surface area contributed by atoms with Gasteiger partial charge >= 0.3 is 0 Å². The molecule has 1 saturated heterocycles. The minimum atomic E-state index is 0.0306. The van der Waals surface area contributed by atoms with E-state index in [2.05, 4.69) is 16.0 Å². The predicted octanol–water partition coefficient (Wildman–Crippen LogP) is -0.867. The molecule has 0 aromatic heterocycles. The number of rotatable bonds is 4. The number of piperidine rings is 1. The van der Waals surface area contributed by atoms with E-state index in [9.17, 15) is 9.59 Å². The van der Waals surface area contributed by atoms with Crippen molar-refractivity contribution in [1.82, 2.24) is 16.0 Å². The van der Waals surface area contributed by atoms with E-state index in [1.165, 1.54) is 12.8 Å². The summed E-state index contributed by atoms with van der Waals surface area (Å²) in [5.41, 5.74) is 0. The number of hydrogen-bond donors (Lipinski definition) is 3. The Morgan fingerprint density at radius 3 is 2.73 bits per heavy atom. The minimum absolute atomic E-state index is 0.0306. The van der Waals surface area contributed by atoms with Crippen molar-refractivity contribution < 1.29 is 9.59 Å². The highest BCUT2D eigenvalue weighted by Crippen LogP contribution is 2.17. The summed E-state index contributed by atoms with van der Waals surface area (Å²) in [4.78, 5) is 22.3. The van der Waals surface area contributed by atoms with Gasteiger partial charge in [0.05, 0.1) is 6.54 Å². The lowest BCUT2D eigenvalue weighted by Gasteiger charge is -2.23. The van der Waals surface area contributed by atoms with Crippen LogP contribution in [0.25, 0.3) is 0 Å². The molecule has 1 saturated carbocycles. The SMILES string of the molecule is O=C1CCC(NC(=O)CNC2CC2)CN1. The molecule has 2 amide bonds. The van der Waals surface area contributed by atoms with Crippen LogP contribution in [0.15, 0.2) is 0 Å². The third-order valence-electron chi connectivity index (χ3n) is 2.76. The standard InChI is InChI=1S/C10H17N3O2/c14-9-4-3-8(5-12-9)13-10(15)6-11-7-1-2-7/h7-8,11H,1-6H2,(H,12,14)(H,13,15). The summed E-state index contributed by atoms with van der Waals surface area (Å²) in [6.07, 6.45) is 3.64. The van der Waals surface area contributed by atoms with E-state index in [0.29, 0.717) is 25.6 Å². The highest BCUT2D eigenvalue weighted by atomic mass is 16.2. The maximum Gasteiger partial charge on any atom is 0.234 e. The van der Waals surface area contributed by atoms with Gasteiger partial charge in [0.1, 0.15) is 0 Å². The molecule has 0 bridgehead atoms. The zero-order valence-electron chi connectivity index (χ0n) is 8.71. The van der Waals surface area contributed by atoms with Crippen molar-refractivity contribution in [3.63, 3.8) is 0 Å². The summed E-state index contributed by atoms with van der Waals surface area (Å²) in [5.74, 6) is 0.111. The topological polar surface area (TPSA) is 70.2 Å². The Kier molecular flexibility index (Phi) is 3.20. The van der Waals surface area contributed by atoms with E-state index in [1.54, 1.807) is 0 Å². The first-order valence-corrected chi connectivity index (χ1v) is 5.53. The van der Waals surface area contributed by atoms with Crippen molar-refractivity contribution in [1.29, 1.82) is 0 Å². The summed E-state index contributed by atoms with van der Waals surface area (Å²) >= 11 is 0. The van der Waals surface area contributed by atoms with Gasteiger partial charge in [-0.1, -0.05) is 0 Å². The molecule has 0 spiro atoms. The molecule has 2 aliphatic rings. The van der Waals surface area contributed by atoms with Crippen LogP contribution in [0.2, 0.25) is 0 Å². The third-order valence-corrected chi connectivity index (χ3v) is 2.76. The number of carbonyl (C=O) groups is 2. The number of amides is 2.